The minimum absolute atomic E-state index is 0.0000272. The summed E-state index contributed by atoms with van der Waals surface area (Å²) in [7, 11) is 1.54. The molecule has 0 fully saturated rings. The molecule has 1 N–H and O–H groups in total. The van der Waals surface area contributed by atoms with Gasteiger partial charge in [0, 0.05) is 18.2 Å². The topological polar surface area (TPSA) is 55.8 Å². The van der Waals surface area contributed by atoms with E-state index in [4.69, 9.17) is 9.47 Å². The summed E-state index contributed by atoms with van der Waals surface area (Å²) in [6.45, 7) is 15.1. The van der Waals surface area contributed by atoms with Crippen LogP contribution in [0.15, 0.2) is 36.9 Å². The maximum Gasteiger partial charge on any atom is 0.335 e. The molecule has 0 saturated carbocycles. The second-order valence-corrected chi connectivity index (χ2v) is 9.50. The Labute approximate surface area is 179 Å². The smallest absolute Gasteiger partial charge is 0.335 e. The molecule has 0 bridgehead atoms. The third-order valence-corrected chi connectivity index (χ3v) is 6.41. The SMILES string of the molecule is C=C(C(=O)O)c1cccc(-c2cc3c(cc2C)C(C)(C)CCC3(C)C)c1OCOC. The lowest BCUT2D eigenvalue weighted by molar-refractivity contribution is -0.130. The Morgan fingerprint density at radius 2 is 1.67 bits per heavy atom. The van der Waals surface area contributed by atoms with E-state index in [1.807, 2.05) is 12.1 Å². The number of methoxy groups -OCH3 is 1. The fraction of sp³-hybridized carbons (Fsp3) is 0.423. The van der Waals surface area contributed by atoms with Crippen LogP contribution in [0.5, 0.6) is 5.75 Å². The number of hydrogen-bond donors (Lipinski definition) is 1. The summed E-state index contributed by atoms with van der Waals surface area (Å²) < 4.78 is 11.0. The van der Waals surface area contributed by atoms with Crippen LogP contribution in [0.2, 0.25) is 0 Å². The van der Waals surface area contributed by atoms with Crippen molar-refractivity contribution in [2.75, 3.05) is 13.9 Å². The Kier molecular flexibility index (Phi) is 5.83. The van der Waals surface area contributed by atoms with Crippen LogP contribution in [0.25, 0.3) is 16.7 Å². The van der Waals surface area contributed by atoms with E-state index in [1.165, 1.54) is 11.1 Å². The van der Waals surface area contributed by atoms with Crippen molar-refractivity contribution in [1.29, 1.82) is 0 Å². The van der Waals surface area contributed by atoms with Crippen molar-refractivity contribution in [2.24, 2.45) is 0 Å². The van der Waals surface area contributed by atoms with Crippen LogP contribution >= 0.6 is 0 Å². The van der Waals surface area contributed by atoms with Crippen molar-refractivity contribution in [1.82, 2.24) is 0 Å². The molecule has 0 saturated heterocycles. The van der Waals surface area contributed by atoms with Gasteiger partial charge in [0.2, 0.25) is 0 Å². The largest absolute Gasteiger partial charge is 0.478 e. The number of aliphatic carboxylic acids is 1. The van der Waals surface area contributed by atoms with Crippen molar-refractivity contribution in [3.05, 3.63) is 59.2 Å². The van der Waals surface area contributed by atoms with Gasteiger partial charge in [-0.15, -0.1) is 0 Å². The molecule has 3 rings (SSSR count). The van der Waals surface area contributed by atoms with Crippen molar-refractivity contribution < 1.29 is 19.4 Å². The number of para-hydroxylation sites is 1. The molecule has 4 nitrogen and oxygen atoms in total. The number of aryl methyl sites for hydroxylation is 1. The van der Waals surface area contributed by atoms with Crippen molar-refractivity contribution in [3.8, 4) is 16.9 Å². The van der Waals surface area contributed by atoms with Crippen LogP contribution in [-0.2, 0) is 20.4 Å². The fourth-order valence-electron chi connectivity index (χ4n) is 4.39. The second-order valence-electron chi connectivity index (χ2n) is 9.50. The zero-order chi connectivity index (χ0) is 22.3. The van der Waals surface area contributed by atoms with Gasteiger partial charge in [-0.1, -0.05) is 58.5 Å². The van der Waals surface area contributed by atoms with Gasteiger partial charge in [0.25, 0.3) is 0 Å². The standard InChI is InChI=1S/C26H32O4/c1-16-13-21-22(26(5,6)12-11-25(21,3)4)14-20(16)19-10-8-9-18(17(2)24(27)28)23(19)30-15-29-7/h8-10,13-14H,2,11-12,15H2,1,3-7H3,(H,27,28). The van der Waals surface area contributed by atoms with E-state index >= 15 is 0 Å². The lowest BCUT2D eigenvalue weighted by Gasteiger charge is -2.42. The van der Waals surface area contributed by atoms with E-state index in [1.54, 1.807) is 13.2 Å². The fourth-order valence-corrected chi connectivity index (χ4v) is 4.39. The predicted molar refractivity (Wildman–Crippen MR) is 121 cm³/mol. The lowest BCUT2D eigenvalue weighted by atomic mass is 9.62. The summed E-state index contributed by atoms with van der Waals surface area (Å²) in [4.78, 5) is 11.6. The van der Waals surface area contributed by atoms with Gasteiger partial charge in [-0.3, -0.25) is 0 Å². The molecule has 0 radical (unpaired) electrons. The highest BCUT2D eigenvalue weighted by molar-refractivity contribution is 6.15. The molecule has 0 amide bonds. The Hall–Kier alpha value is -2.59. The molecule has 160 valence electrons. The first kappa shape index (κ1) is 22.1. The summed E-state index contributed by atoms with van der Waals surface area (Å²) in [6, 6.07) is 10.1. The Morgan fingerprint density at radius 1 is 1.07 bits per heavy atom. The number of ether oxygens (including phenoxy) is 2. The van der Waals surface area contributed by atoms with Crippen molar-refractivity contribution >= 4 is 11.5 Å². The number of benzene rings is 2. The molecule has 1 aliphatic carbocycles. The summed E-state index contributed by atoms with van der Waals surface area (Å²) >= 11 is 0. The quantitative estimate of drug-likeness (QED) is 0.464. The van der Waals surface area contributed by atoms with E-state index in [-0.39, 0.29) is 23.2 Å². The number of carboxylic acid groups (broad SMARTS) is 1. The summed E-state index contributed by atoms with van der Waals surface area (Å²) in [6.07, 6.45) is 2.28. The van der Waals surface area contributed by atoms with Gasteiger partial charge in [0.05, 0.1) is 5.57 Å². The highest BCUT2D eigenvalue weighted by Gasteiger charge is 2.37. The number of fused-ring (bicyclic) bond motifs is 1. The second kappa shape index (κ2) is 7.92. The van der Waals surface area contributed by atoms with Crippen LogP contribution in [0.1, 0.15) is 62.8 Å². The highest BCUT2D eigenvalue weighted by Crippen LogP contribution is 2.48. The van der Waals surface area contributed by atoms with Gasteiger partial charge in [0.1, 0.15) is 5.75 Å². The molecule has 0 heterocycles. The lowest BCUT2D eigenvalue weighted by Crippen LogP contribution is -2.34. The van der Waals surface area contributed by atoms with Crippen LogP contribution in [0, 0.1) is 6.92 Å². The Morgan fingerprint density at radius 3 is 2.23 bits per heavy atom. The van der Waals surface area contributed by atoms with Crippen LogP contribution in [0.4, 0.5) is 0 Å². The molecule has 0 aliphatic heterocycles. The van der Waals surface area contributed by atoms with Crippen LogP contribution in [0.3, 0.4) is 0 Å². The number of rotatable bonds is 6. The van der Waals surface area contributed by atoms with E-state index in [0.717, 1.165) is 29.5 Å². The molecule has 0 unspecified atom stereocenters. The van der Waals surface area contributed by atoms with E-state index in [9.17, 15) is 9.90 Å². The van der Waals surface area contributed by atoms with Gasteiger partial charge >= 0.3 is 5.97 Å². The Balaban J connectivity index is 2.27. The molecular weight excluding hydrogens is 376 g/mol. The monoisotopic (exact) mass is 408 g/mol. The summed E-state index contributed by atoms with van der Waals surface area (Å²) in [5.41, 5.74) is 6.45. The first-order chi connectivity index (χ1) is 14.0. The first-order valence-corrected chi connectivity index (χ1v) is 10.3. The maximum atomic E-state index is 11.6. The number of carbonyl (C=O) groups is 1. The zero-order valence-corrected chi connectivity index (χ0v) is 18.9. The average molecular weight is 409 g/mol. The first-order valence-electron chi connectivity index (χ1n) is 10.3. The molecular formula is C26H32O4. The van der Waals surface area contributed by atoms with Gasteiger partial charge in [-0.2, -0.15) is 0 Å². The minimum atomic E-state index is -1.07. The van der Waals surface area contributed by atoms with Crippen LogP contribution in [-0.4, -0.2) is 25.0 Å². The van der Waals surface area contributed by atoms with Gasteiger partial charge in [-0.05, 0) is 58.9 Å². The third kappa shape index (κ3) is 3.89. The summed E-state index contributed by atoms with van der Waals surface area (Å²) in [5.74, 6) is -0.581. The van der Waals surface area contributed by atoms with E-state index < -0.39 is 5.97 Å². The Bertz CT molecular complexity index is 998. The van der Waals surface area contributed by atoms with E-state index in [2.05, 4.69) is 53.3 Å². The average Bonchev–Trinajstić information content (AvgIpc) is 2.69. The van der Waals surface area contributed by atoms with Crippen molar-refractivity contribution in [2.45, 2.75) is 58.3 Å². The van der Waals surface area contributed by atoms with Gasteiger partial charge in [-0.25, -0.2) is 4.79 Å². The number of hydrogen-bond acceptors (Lipinski definition) is 3. The molecule has 0 aromatic heterocycles. The van der Waals surface area contributed by atoms with Gasteiger partial charge < -0.3 is 14.6 Å². The molecule has 2 aromatic rings. The molecule has 0 spiro atoms. The van der Waals surface area contributed by atoms with Crippen molar-refractivity contribution in [3.63, 3.8) is 0 Å². The predicted octanol–water partition coefficient (Wildman–Crippen LogP) is 6.09. The van der Waals surface area contributed by atoms with E-state index in [0.29, 0.717) is 11.3 Å². The minimum Gasteiger partial charge on any atom is -0.478 e. The summed E-state index contributed by atoms with van der Waals surface area (Å²) in [5, 5.41) is 9.50. The maximum absolute atomic E-state index is 11.6. The third-order valence-electron chi connectivity index (χ3n) is 6.41. The zero-order valence-electron chi connectivity index (χ0n) is 18.9. The molecule has 0 atom stereocenters. The normalized spacial score (nSPS) is 16.6. The molecule has 4 heteroatoms. The highest BCUT2D eigenvalue weighted by atomic mass is 16.7. The van der Waals surface area contributed by atoms with Crippen LogP contribution < -0.4 is 4.74 Å². The molecule has 2 aromatic carbocycles. The molecule has 30 heavy (non-hydrogen) atoms. The number of carboxylic acids is 1. The van der Waals surface area contributed by atoms with Gasteiger partial charge in [0.15, 0.2) is 6.79 Å². The molecule has 1 aliphatic rings.